The van der Waals surface area contributed by atoms with Crippen molar-refractivity contribution >= 4 is 46.3 Å². The maximum Gasteiger partial charge on any atom is 0.290 e. The number of rotatable bonds is 8. The highest BCUT2D eigenvalue weighted by Crippen LogP contribution is 2.27. The number of piperidine rings is 1. The van der Waals surface area contributed by atoms with Crippen LogP contribution in [0.15, 0.2) is 52.9 Å². The summed E-state index contributed by atoms with van der Waals surface area (Å²) in [5.41, 5.74) is 2.73. The second-order valence-electron chi connectivity index (χ2n) is 8.52. The van der Waals surface area contributed by atoms with Crippen LogP contribution in [0.3, 0.4) is 0 Å². The number of pyridine rings is 1. The molecule has 2 aliphatic heterocycles. The third-order valence-electron chi connectivity index (χ3n) is 6.10. The van der Waals surface area contributed by atoms with E-state index < -0.39 is 0 Å². The highest BCUT2D eigenvalue weighted by atomic mass is 32.2. The molecule has 0 aromatic carbocycles. The summed E-state index contributed by atoms with van der Waals surface area (Å²) in [6, 6.07) is 12.1. The van der Waals surface area contributed by atoms with E-state index in [0.717, 1.165) is 68.6 Å². The molecular weight excluding hydrogens is 480 g/mol. The number of nitrogens with zero attached hydrogens (tertiary/aromatic N) is 4. The maximum atomic E-state index is 11.8. The van der Waals surface area contributed by atoms with Gasteiger partial charge in [-0.25, -0.2) is 9.97 Å². The van der Waals surface area contributed by atoms with Gasteiger partial charge in [-0.3, -0.25) is 19.9 Å². The lowest BCUT2D eigenvalue weighted by Crippen LogP contribution is -2.35. The van der Waals surface area contributed by atoms with Gasteiger partial charge in [-0.1, -0.05) is 12.1 Å². The lowest BCUT2D eigenvalue weighted by atomic mass is 9.94. The predicted octanol–water partition coefficient (Wildman–Crippen LogP) is 4.32. The van der Waals surface area contributed by atoms with Crippen molar-refractivity contribution in [1.29, 1.82) is 0 Å². The zero-order chi connectivity index (χ0) is 24.0. The number of amides is 2. The molecule has 5 rings (SSSR count). The maximum absolute atomic E-state index is 11.8. The van der Waals surface area contributed by atoms with E-state index in [1.807, 2.05) is 0 Å². The Labute approximate surface area is 212 Å². The van der Waals surface area contributed by atoms with E-state index in [0.29, 0.717) is 22.5 Å². The molecule has 0 radical (unpaired) electrons. The van der Waals surface area contributed by atoms with Gasteiger partial charge in [-0.2, -0.15) is 0 Å². The summed E-state index contributed by atoms with van der Waals surface area (Å²) < 4.78 is 0. The van der Waals surface area contributed by atoms with E-state index in [4.69, 9.17) is 4.98 Å². The van der Waals surface area contributed by atoms with Crippen molar-refractivity contribution < 1.29 is 9.59 Å². The van der Waals surface area contributed by atoms with E-state index in [2.05, 4.69) is 61.2 Å². The first kappa shape index (κ1) is 23.7. The molecule has 2 aliphatic rings. The first-order chi connectivity index (χ1) is 17.1. The van der Waals surface area contributed by atoms with Crippen molar-refractivity contribution in [2.24, 2.45) is 5.92 Å². The van der Waals surface area contributed by atoms with Crippen LogP contribution in [0.25, 0.3) is 16.6 Å². The first-order valence-corrected chi connectivity index (χ1v) is 13.4. The van der Waals surface area contributed by atoms with Gasteiger partial charge in [0.15, 0.2) is 0 Å². The standard InChI is InChI=1S/C25H26N6O2S2/c32-23-22(35-25(33)30-23)15-18-7-11-27-24(29-18)31-12-8-17(9-13-31)6-10-26-16-19-3-1-4-20(28-19)21-5-2-14-34-21/h1-5,7,11,14-15,17,26H,6,8-10,12-13,16H2,(H,30,32,33)/b22-15+. The summed E-state index contributed by atoms with van der Waals surface area (Å²) in [6.07, 6.45) is 6.65. The molecule has 10 heteroatoms. The molecule has 8 nitrogen and oxygen atoms in total. The average molecular weight is 507 g/mol. The molecule has 0 bridgehead atoms. The molecule has 35 heavy (non-hydrogen) atoms. The van der Waals surface area contributed by atoms with Crippen LogP contribution in [0.5, 0.6) is 0 Å². The Morgan fingerprint density at radius 3 is 2.77 bits per heavy atom. The molecule has 0 spiro atoms. The Balaban J connectivity index is 1.07. The van der Waals surface area contributed by atoms with Gasteiger partial charge in [-0.15, -0.1) is 11.3 Å². The molecule has 0 saturated carbocycles. The van der Waals surface area contributed by atoms with Crippen molar-refractivity contribution in [2.45, 2.75) is 25.8 Å². The highest BCUT2D eigenvalue weighted by molar-refractivity contribution is 8.18. The van der Waals surface area contributed by atoms with Gasteiger partial charge in [0.1, 0.15) is 0 Å². The number of imide groups is 1. The van der Waals surface area contributed by atoms with E-state index in [-0.39, 0.29) is 11.1 Å². The summed E-state index contributed by atoms with van der Waals surface area (Å²) in [7, 11) is 0. The number of aromatic nitrogens is 3. The van der Waals surface area contributed by atoms with Crippen LogP contribution in [-0.2, 0) is 11.3 Å². The molecule has 2 N–H and O–H groups in total. The van der Waals surface area contributed by atoms with Crippen LogP contribution < -0.4 is 15.5 Å². The number of hydrogen-bond acceptors (Lipinski definition) is 9. The Morgan fingerprint density at radius 2 is 2.00 bits per heavy atom. The lowest BCUT2D eigenvalue weighted by molar-refractivity contribution is -0.115. The van der Waals surface area contributed by atoms with Gasteiger partial charge in [0.25, 0.3) is 11.1 Å². The minimum absolute atomic E-state index is 0.352. The van der Waals surface area contributed by atoms with Crippen molar-refractivity contribution in [2.75, 3.05) is 24.5 Å². The Kier molecular flexibility index (Phi) is 7.51. The van der Waals surface area contributed by atoms with Crippen molar-refractivity contribution in [3.05, 3.63) is 64.3 Å². The van der Waals surface area contributed by atoms with Crippen LogP contribution >= 0.6 is 23.1 Å². The number of hydrogen-bond donors (Lipinski definition) is 2. The molecule has 5 heterocycles. The normalized spacial score (nSPS) is 17.8. The summed E-state index contributed by atoms with van der Waals surface area (Å²) in [4.78, 5) is 40.7. The molecular formula is C25H26N6O2S2. The largest absolute Gasteiger partial charge is 0.341 e. The first-order valence-electron chi connectivity index (χ1n) is 11.7. The Morgan fingerprint density at radius 1 is 1.11 bits per heavy atom. The van der Waals surface area contributed by atoms with Gasteiger partial charge in [0, 0.05) is 25.8 Å². The average Bonchev–Trinajstić information content (AvgIpc) is 3.52. The van der Waals surface area contributed by atoms with Crippen LogP contribution in [0.1, 0.15) is 30.7 Å². The minimum atomic E-state index is -0.374. The molecule has 180 valence electrons. The van der Waals surface area contributed by atoms with Crippen LogP contribution in [0.4, 0.5) is 10.7 Å². The van der Waals surface area contributed by atoms with Crippen LogP contribution in [0.2, 0.25) is 0 Å². The van der Waals surface area contributed by atoms with Gasteiger partial charge >= 0.3 is 0 Å². The van der Waals surface area contributed by atoms with E-state index >= 15 is 0 Å². The SMILES string of the molecule is O=C1NC(=O)/C(=C\c2ccnc(N3CCC(CCNCc4cccc(-c5cccs5)n4)CC3)n2)S1. The Bertz CT molecular complexity index is 1220. The molecule has 2 amide bonds. The van der Waals surface area contributed by atoms with E-state index in [9.17, 15) is 9.59 Å². The zero-order valence-corrected chi connectivity index (χ0v) is 20.8. The summed E-state index contributed by atoms with van der Waals surface area (Å²) in [6.45, 7) is 3.55. The number of anilines is 1. The van der Waals surface area contributed by atoms with Crippen LogP contribution in [-0.4, -0.2) is 45.7 Å². The quantitative estimate of drug-likeness (QED) is 0.344. The van der Waals surface area contributed by atoms with E-state index in [1.165, 1.54) is 4.88 Å². The van der Waals surface area contributed by atoms with Crippen molar-refractivity contribution in [3.63, 3.8) is 0 Å². The summed E-state index contributed by atoms with van der Waals surface area (Å²) in [5.74, 6) is 0.960. The molecule has 0 atom stereocenters. The monoisotopic (exact) mass is 506 g/mol. The second-order valence-corrected chi connectivity index (χ2v) is 10.5. The van der Waals surface area contributed by atoms with Gasteiger partial charge in [0.05, 0.1) is 26.9 Å². The third kappa shape index (κ3) is 6.14. The second kappa shape index (κ2) is 11.1. The van der Waals surface area contributed by atoms with Gasteiger partial charge < -0.3 is 10.2 Å². The fourth-order valence-electron chi connectivity index (χ4n) is 4.23. The highest BCUT2D eigenvalue weighted by Gasteiger charge is 2.25. The molecule has 2 fully saturated rings. The number of thiophene rings is 1. The fourth-order valence-corrected chi connectivity index (χ4v) is 5.60. The smallest absolute Gasteiger partial charge is 0.290 e. The molecule has 3 aromatic rings. The lowest BCUT2D eigenvalue weighted by Gasteiger charge is -2.32. The van der Waals surface area contributed by atoms with Gasteiger partial charge in [0.2, 0.25) is 5.95 Å². The topological polar surface area (TPSA) is 100 Å². The van der Waals surface area contributed by atoms with Gasteiger partial charge in [-0.05, 0) is 79.2 Å². The van der Waals surface area contributed by atoms with Crippen molar-refractivity contribution in [1.82, 2.24) is 25.6 Å². The van der Waals surface area contributed by atoms with Crippen LogP contribution in [0, 0.1) is 5.92 Å². The number of nitrogens with one attached hydrogen (secondary N) is 2. The van der Waals surface area contributed by atoms with E-state index in [1.54, 1.807) is 29.7 Å². The molecule has 3 aromatic heterocycles. The molecule has 0 unspecified atom stereocenters. The fraction of sp³-hybridized carbons (Fsp3) is 0.320. The minimum Gasteiger partial charge on any atom is -0.341 e. The predicted molar refractivity (Wildman–Crippen MR) is 140 cm³/mol. The number of carbonyl (C=O) groups excluding carboxylic acids is 2. The molecule has 2 saturated heterocycles. The Hall–Kier alpha value is -3.08. The summed E-state index contributed by atoms with van der Waals surface area (Å²) in [5, 5.41) is 7.54. The van der Waals surface area contributed by atoms with Crippen molar-refractivity contribution in [3.8, 4) is 10.6 Å². The number of thioether (sulfide) groups is 1. The summed E-state index contributed by atoms with van der Waals surface area (Å²) >= 11 is 2.61. The number of carbonyl (C=O) groups is 2. The zero-order valence-electron chi connectivity index (χ0n) is 19.1. The molecule has 0 aliphatic carbocycles. The third-order valence-corrected chi connectivity index (χ3v) is 7.80.